The summed E-state index contributed by atoms with van der Waals surface area (Å²) in [5, 5.41) is 4.73. The zero-order chi connectivity index (χ0) is 18.5. The molecule has 2 aromatic heterocycles. The quantitative estimate of drug-likeness (QED) is 0.676. The number of hydrogen-bond acceptors (Lipinski definition) is 4. The van der Waals surface area contributed by atoms with Crippen molar-refractivity contribution in [3.63, 3.8) is 0 Å². The monoisotopic (exact) mass is 372 g/mol. The molecule has 0 unspecified atom stereocenters. The Labute approximate surface area is 154 Å². The Morgan fingerprint density at radius 3 is 2.58 bits per heavy atom. The van der Waals surface area contributed by atoms with Crippen molar-refractivity contribution in [2.45, 2.75) is 6.04 Å². The average molecular weight is 372 g/mol. The summed E-state index contributed by atoms with van der Waals surface area (Å²) in [5.74, 6) is -1.35. The molecule has 1 N–H and O–H groups in total. The van der Waals surface area contributed by atoms with Crippen LogP contribution in [0.4, 0.5) is 4.39 Å². The smallest absolute Gasteiger partial charge is 0.355 e. The zero-order valence-electron chi connectivity index (χ0n) is 14.0. The predicted octanol–water partition coefficient (Wildman–Crippen LogP) is 3.29. The molecule has 0 aliphatic heterocycles. The number of rotatable bonds is 6. The number of esters is 1. The molecule has 0 spiro atoms. The Kier molecular flexibility index (Phi) is 5.48. The molecule has 3 aromatic rings. The number of nitrogens with one attached hydrogen (secondary N) is 1. The van der Waals surface area contributed by atoms with Gasteiger partial charge in [-0.05, 0) is 41.3 Å². The van der Waals surface area contributed by atoms with E-state index in [0.717, 1.165) is 10.4 Å². The molecule has 5 nitrogen and oxygen atoms in total. The Bertz CT molecular complexity index is 888. The summed E-state index contributed by atoms with van der Waals surface area (Å²) in [4.78, 5) is 25.2. The number of aromatic nitrogens is 1. The van der Waals surface area contributed by atoms with Gasteiger partial charge in [-0.2, -0.15) is 0 Å². The summed E-state index contributed by atoms with van der Waals surface area (Å²) in [6, 6.07) is 12.6. The third kappa shape index (κ3) is 4.18. The maximum absolute atomic E-state index is 13.2. The summed E-state index contributed by atoms with van der Waals surface area (Å²) in [7, 11) is 1.72. The lowest BCUT2D eigenvalue weighted by molar-refractivity contribution is -0.124. The van der Waals surface area contributed by atoms with Crippen LogP contribution in [-0.4, -0.2) is 23.1 Å². The van der Waals surface area contributed by atoms with Crippen molar-refractivity contribution in [1.82, 2.24) is 9.88 Å². The molecule has 0 saturated heterocycles. The fourth-order valence-electron chi connectivity index (χ4n) is 2.51. The molecular formula is C19H17FN2O3S. The third-order valence-corrected chi connectivity index (χ3v) is 4.76. The van der Waals surface area contributed by atoms with Crippen molar-refractivity contribution in [1.29, 1.82) is 0 Å². The summed E-state index contributed by atoms with van der Waals surface area (Å²) in [5.41, 5.74) is 1.11. The van der Waals surface area contributed by atoms with Crippen LogP contribution in [0.2, 0.25) is 0 Å². The summed E-state index contributed by atoms with van der Waals surface area (Å²) >= 11 is 1.48. The number of carbonyl (C=O) groups excluding carboxylic acids is 2. The molecule has 0 aliphatic rings. The second kappa shape index (κ2) is 7.97. The molecule has 134 valence electrons. The number of carbonyl (C=O) groups is 2. The van der Waals surface area contributed by atoms with Crippen molar-refractivity contribution < 1.29 is 18.7 Å². The van der Waals surface area contributed by atoms with E-state index in [2.05, 4.69) is 5.32 Å². The minimum Gasteiger partial charge on any atom is -0.451 e. The number of amides is 1. The van der Waals surface area contributed by atoms with Gasteiger partial charge in [0.25, 0.3) is 5.91 Å². The van der Waals surface area contributed by atoms with Gasteiger partial charge in [0.05, 0.1) is 6.04 Å². The van der Waals surface area contributed by atoms with Crippen LogP contribution in [0.25, 0.3) is 0 Å². The maximum atomic E-state index is 13.2. The summed E-state index contributed by atoms with van der Waals surface area (Å²) in [6.45, 7) is -0.396. The Balaban J connectivity index is 1.67. The molecular weight excluding hydrogens is 355 g/mol. The number of benzene rings is 1. The van der Waals surface area contributed by atoms with E-state index in [1.165, 1.54) is 23.5 Å². The van der Waals surface area contributed by atoms with E-state index in [-0.39, 0.29) is 5.82 Å². The van der Waals surface area contributed by atoms with Crippen molar-refractivity contribution >= 4 is 23.2 Å². The number of nitrogens with zero attached hydrogens (tertiary/aromatic N) is 1. The molecule has 1 amide bonds. The Morgan fingerprint density at radius 2 is 1.96 bits per heavy atom. The Morgan fingerprint density at radius 1 is 1.19 bits per heavy atom. The lowest BCUT2D eigenvalue weighted by atomic mass is 10.1. The zero-order valence-corrected chi connectivity index (χ0v) is 14.8. The molecule has 7 heteroatoms. The number of thiophene rings is 1. The van der Waals surface area contributed by atoms with E-state index in [0.29, 0.717) is 5.69 Å². The van der Waals surface area contributed by atoms with Crippen LogP contribution in [0, 0.1) is 5.82 Å². The van der Waals surface area contributed by atoms with Gasteiger partial charge in [-0.3, -0.25) is 4.79 Å². The number of hydrogen-bond donors (Lipinski definition) is 1. The minimum absolute atomic E-state index is 0.346. The SMILES string of the molecule is Cn1cccc1C(=O)OCC(=O)N[C@@H](c1ccc(F)cc1)c1cccs1. The van der Waals surface area contributed by atoms with Crippen LogP contribution in [0.5, 0.6) is 0 Å². The van der Waals surface area contributed by atoms with Crippen LogP contribution in [0.15, 0.2) is 60.1 Å². The molecule has 1 aromatic carbocycles. The minimum atomic E-state index is -0.567. The highest BCUT2D eigenvalue weighted by atomic mass is 32.1. The highest BCUT2D eigenvalue weighted by molar-refractivity contribution is 7.10. The molecule has 3 rings (SSSR count). The molecule has 0 aliphatic carbocycles. The van der Waals surface area contributed by atoms with Gasteiger partial charge in [0.15, 0.2) is 6.61 Å². The first kappa shape index (κ1) is 17.9. The van der Waals surface area contributed by atoms with Crippen molar-refractivity contribution in [2.24, 2.45) is 7.05 Å². The number of ether oxygens (including phenoxy) is 1. The summed E-state index contributed by atoms with van der Waals surface area (Å²) in [6.07, 6.45) is 1.72. The van der Waals surface area contributed by atoms with E-state index in [1.807, 2.05) is 17.5 Å². The average Bonchev–Trinajstić information content (AvgIpc) is 3.30. The van der Waals surface area contributed by atoms with Gasteiger partial charge in [-0.25, -0.2) is 9.18 Å². The van der Waals surface area contributed by atoms with E-state index in [9.17, 15) is 14.0 Å². The van der Waals surface area contributed by atoms with E-state index in [1.54, 1.807) is 42.1 Å². The highest BCUT2D eigenvalue weighted by Crippen LogP contribution is 2.26. The Hall–Kier alpha value is -2.93. The normalized spacial score (nSPS) is 11.8. The standard InChI is InChI=1S/C19H17FN2O3S/c1-22-10-2-4-15(22)19(24)25-12-17(23)21-18(16-5-3-11-26-16)13-6-8-14(20)9-7-13/h2-11,18H,12H2,1H3,(H,21,23)/t18-/m0/s1. The van der Waals surface area contributed by atoms with E-state index >= 15 is 0 Å². The van der Waals surface area contributed by atoms with Crippen LogP contribution in [0.1, 0.15) is 27.0 Å². The lowest BCUT2D eigenvalue weighted by Crippen LogP contribution is -2.32. The molecule has 0 radical (unpaired) electrons. The fourth-order valence-corrected chi connectivity index (χ4v) is 3.31. The number of aryl methyl sites for hydroxylation is 1. The van der Waals surface area contributed by atoms with Crippen LogP contribution in [-0.2, 0) is 16.6 Å². The first-order valence-corrected chi connectivity index (χ1v) is 8.79. The van der Waals surface area contributed by atoms with Gasteiger partial charge in [-0.1, -0.05) is 18.2 Å². The van der Waals surface area contributed by atoms with Gasteiger partial charge >= 0.3 is 5.97 Å². The number of halogens is 1. The topological polar surface area (TPSA) is 60.3 Å². The molecule has 2 heterocycles. The van der Waals surface area contributed by atoms with Gasteiger partial charge in [0.1, 0.15) is 11.5 Å². The molecule has 26 heavy (non-hydrogen) atoms. The van der Waals surface area contributed by atoms with Gasteiger partial charge in [0.2, 0.25) is 0 Å². The highest BCUT2D eigenvalue weighted by Gasteiger charge is 2.19. The summed E-state index contributed by atoms with van der Waals surface area (Å²) < 4.78 is 19.9. The second-order valence-corrected chi connectivity index (χ2v) is 6.63. The predicted molar refractivity (Wildman–Crippen MR) is 96.4 cm³/mol. The first-order valence-electron chi connectivity index (χ1n) is 7.91. The van der Waals surface area contributed by atoms with Crippen LogP contribution < -0.4 is 5.32 Å². The van der Waals surface area contributed by atoms with Crippen molar-refractivity contribution in [3.8, 4) is 0 Å². The van der Waals surface area contributed by atoms with Crippen molar-refractivity contribution in [3.05, 3.63) is 82.1 Å². The van der Waals surface area contributed by atoms with Crippen LogP contribution in [0.3, 0.4) is 0 Å². The second-order valence-electron chi connectivity index (χ2n) is 5.65. The molecule has 0 fully saturated rings. The van der Waals surface area contributed by atoms with Gasteiger partial charge in [0, 0.05) is 18.1 Å². The molecule has 0 bridgehead atoms. The van der Waals surface area contributed by atoms with Crippen molar-refractivity contribution in [2.75, 3.05) is 6.61 Å². The van der Waals surface area contributed by atoms with Crippen LogP contribution >= 0.6 is 11.3 Å². The van der Waals surface area contributed by atoms with Gasteiger partial charge in [-0.15, -0.1) is 11.3 Å². The molecule has 0 saturated carbocycles. The van der Waals surface area contributed by atoms with Gasteiger partial charge < -0.3 is 14.6 Å². The van der Waals surface area contributed by atoms with E-state index in [4.69, 9.17) is 4.74 Å². The molecule has 1 atom stereocenters. The lowest BCUT2D eigenvalue weighted by Gasteiger charge is -2.18. The fraction of sp³-hybridized carbons (Fsp3) is 0.158. The maximum Gasteiger partial charge on any atom is 0.355 e. The van der Waals surface area contributed by atoms with E-state index < -0.39 is 24.5 Å². The third-order valence-electron chi connectivity index (χ3n) is 3.82. The largest absolute Gasteiger partial charge is 0.451 e. The first-order chi connectivity index (χ1) is 12.5.